The van der Waals surface area contributed by atoms with Gasteiger partial charge in [0, 0.05) is 0 Å². The van der Waals surface area contributed by atoms with Gasteiger partial charge in [0.15, 0.2) is 0 Å². The number of carbonyl (C=O) groups excluding carboxylic acids is 1. The molecule has 0 heterocycles. The molecule has 3 heteroatoms. The van der Waals surface area contributed by atoms with Gasteiger partial charge in [-0.2, -0.15) is 0 Å². The number of rotatable bonds is 3. The molecule has 0 aromatic heterocycles. The molecular formula is C17H19NO2. The highest BCUT2D eigenvalue weighted by Crippen LogP contribution is 2.21. The Bertz CT molecular complexity index is 635. The van der Waals surface area contributed by atoms with Gasteiger partial charge in [0.05, 0.1) is 11.6 Å². The summed E-state index contributed by atoms with van der Waals surface area (Å²) in [5, 5.41) is 12.8. The molecule has 2 aromatic carbocycles. The summed E-state index contributed by atoms with van der Waals surface area (Å²) in [6, 6.07) is 12.9. The van der Waals surface area contributed by atoms with Gasteiger partial charge in [-0.15, -0.1) is 0 Å². The number of hydrogen-bond donors (Lipinski definition) is 2. The number of phenolic OH excluding ortho intramolecular Hbond substituents is 1. The van der Waals surface area contributed by atoms with E-state index in [-0.39, 0.29) is 17.7 Å². The van der Waals surface area contributed by atoms with Crippen LogP contribution in [0.15, 0.2) is 42.5 Å². The molecular weight excluding hydrogens is 250 g/mol. The average Bonchev–Trinajstić information content (AvgIpc) is 2.38. The molecule has 2 N–H and O–H groups in total. The lowest BCUT2D eigenvalue weighted by molar-refractivity contribution is 0.0937. The van der Waals surface area contributed by atoms with Crippen molar-refractivity contribution in [3.63, 3.8) is 0 Å². The minimum Gasteiger partial charge on any atom is -0.507 e. The lowest BCUT2D eigenvalue weighted by atomic mass is 10.0. The molecule has 0 bridgehead atoms. The minimum atomic E-state index is -0.266. The molecule has 0 radical (unpaired) electrons. The maximum Gasteiger partial charge on any atom is 0.255 e. The van der Waals surface area contributed by atoms with E-state index in [2.05, 4.69) is 5.32 Å². The van der Waals surface area contributed by atoms with E-state index in [1.807, 2.05) is 51.1 Å². The molecule has 0 aliphatic rings. The van der Waals surface area contributed by atoms with Crippen molar-refractivity contribution in [3.05, 3.63) is 64.7 Å². The van der Waals surface area contributed by atoms with Crippen molar-refractivity contribution in [2.45, 2.75) is 26.8 Å². The van der Waals surface area contributed by atoms with Crippen molar-refractivity contribution >= 4 is 5.91 Å². The van der Waals surface area contributed by atoms with E-state index in [0.29, 0.717) is 5.56 Å². The Morgan fingerprint density at radius 1 is 1.15 bits per heavy atom. The Balaban J connectivity index is 2.17. The Morgan fingerprint density at radius 2 is 1.85 bits per heavy atom. The van der Waals surface area contributed by atoms with Gasteiger partial charge >= 0.3 is 0 Å². The van der Waals surface area contributed by atoms with E-state index in [4.69, 9.17) is 0 Å². The molecule has 1 unspecified atom stereocenters. The lowest BCUT2D eigenvalue weighted by Crippen LogP contribution is -2.27. The Hall–Kier alpha value is -2.29. The molecule has 3 nitrogen and oxygen atoms in total. The third-order valence-electron chi connectivity index (χ3n) is 3.40. The molecule has 0 aliphatic carbocycles. The second-order valence-corrected chi connectivity index (χ2v) is 5.07. The number of aromatic hydroxyl groups is 1. The van der Waals surface area contributed by atoms with Gasteiger partial charge in [0.25, 0.3) is 5.91 Å². The largest absolute Gasteiger partial charge is 0.507 e. The standard InChI is InChI=1S/C17H19NO2/c1-11-8-9-15(16(19)10-11)17(20)18-13(3)14-7-5-4-6-12(14)2/h4-10,13,19H,1-3H3,(H,18,20). The van der Waals surface area contributed by atoms with Crippen LogP contribution in [0.5, 0.6) is 5.75 Å². The van der Waals surface area contributed by atoms with E-state index in [1.165, 1.54) is 0 Å². The summed E-state index contributed by atoms with van der Waals surface area (Å²) in [5.74, 6) is -0.252. The summed E-state index contributed by atoms with van der Waals surface area (Å²) in [5.41, 5.74) is 3.43. The molecule has 0 spiro atoms. The molecule has 1 amide bonds. The first-order valence-electron chi connectivity index (χ1n) is 6.65. The smallest absolute Gasteiger partial charge is 0.255 e. The Kier molecular flexibility index (Phi) is 4.08. The van der Waals surface area contributed by atoms with Crippen molar-refractivity contribution in [1.29, 1.82) is 0 Å². The van der Waals surface area contributed by atoms with Crippen LogP contribution in [0, 0.1) is 13.8 Å². The molecule has 0 aliphatic heterocycles. The number of phenols is 1. The van der Waals surface area contributed by atoms with Crippen molar-refractivity contribution in [2.24, 2.45) is 0 Å². The van der Waals surface area contributed by atoms with Crippen LogP contribution in [-0.2, 0) is 0 Å². The Morgan fingerprint density at radius 3 is 2.50 bits per heavy atom. The van der Waals surface area contributed by atoms with Crippen LogP contribution in [0.3, 0.4) is 0 Å². The van der Waals surface area contributed by atoms with Gasteiger partial charge in [-0.1, -0.05) is 30.3 Å². The van der Waals surface area contributed by atoms with Crippen molar-refractivity contribution in [3.8, 4) is 5.75 Å². The summed E-state index contributed by atoms with van der Waals surface area (Å²) in [4.78, 5) is 12.2. The zero-order chi connectivity index (χ0) is 14.7. The first-order chi connectivity index (χ1) is 9.49. The molecule has 0 saturated carbocycles. The predicted octanol–water partition coefficient (Wildman–Crippen LogP) is 3.50. The summed E-state index contributed by atoms with van der Waals surface area (Å²) in [7, 11) is 0. The second kappa shape index (κ2) is 5.78. The number of benzene rings is 2. The third-order valence-corrected chi connectivity index (χ3v) is 3.40. The van der Waals surface area contributed by atoms with Gasteiger partial charge in [-0.3, -0.25) is 4.79 Å². The summed E-state index contributed by atoms with van der Waals surface area (Å²) >= 11 is 0. The monoisotopic (exact) mass is 269 g/mol. The number of carbonyl (C=O) groups is 1. The highest BCUT2D eigenvalue weighted by atomic mass is 16.3. The average molecular weight is 269 g/mol. The van der Waals surface area contributed by atoms with E-state index in [9.17, 15) is 9.90 Å². The fraction of sp³-hybridized carbons (Fsp3) is 0.235. The SMILES string of the molecule is Cc1ccc(C(=O)NC(C)c2ccccc2C)c(O)c1. The van der Waals surface area contributed by atoms with Crippen LogP contribution in [-0.4, -0.2) is 11.0 Å². The molecule has 104 valence electrons. The highest BCUT2D eigenvalue weighted by Gasteiger charge is 2.15. The van der Waals surface area contributed by atoms with Gasteiger partial charge in [-0.25, -0.2) is 0 Å². The van der Waals surface area contributed by atoms with Crippen molar-refractivity contribution < 1.29 is 9.90 Å². The highest BCUT2D eigenvalue weighted by molar-refractivity contribution is 5.97. The van der Waals surface area contributed by atoms with Crippen LogP contribution in [0.4, 0.5) is 0 Å². The number of nitrogens with one attached hydrogen (secondary N) is 1. The zero-order valence-corrected chi connectivity index (χ0v) is 12.0. The van der Waals surface area contributed by atoms with Crippen LogP contribution in [0.2, 0.25) is 0 Å². The Labute approximate surface area is 119 Å². The fourth-order valence-corrected chi connectivity index (χ4v) is 2.26. The first kappa shape index (κ1) is 14.1. The van der Waals surface area contributed by atoms with Crippen LogP contribution in [0.25, 0.3) is 0 Å². The summed E-state index contributed by atoms with van der Waals surface area (Å²) < 4.78 is 0. The molecule has 0 fully saturated rings. The van der Waals surface area contributed by atoms with E-state index >= 15 is 0 Å². The number of hydrogen-bond acceptors (Lipinski definition) is 2. The molecule has 20 heavy (non-hydrogen) atoms. The topological polar surface area (TPSA) is 49.3 Å². The van der Waals surface area contributed by atoms with E-state index < -0.39 is 0 Å². The first-order valence-corrected chi connectivity index (χ1v) is 6.65. The molecule has 1 atom stereocenters. The van der Waals surface area contributed by atoms with Crippen LogP contribution in [0.1, 0.15) is 40.0 Å². The van der Waals surface area contributed by atoms with Crippen LogP contribution >= 0.6 is 0 Å². The van der Waals surface area contributed by atoms with Crippen molar-refractivity contribution in [1.82, 2.24) is 5.32 Å². The van der Waals surface area contributed by atoms with Gasteiger partial charge < -0.3 is 10.4 Å². The van der Waals surface area contributed by atoms with E-state index in [0.717, 1.165) is 16.7 Å². The molecule has 2 aromatic rings. The maximum atomic E-state index is 12.2. The zero-order valence-electron chi connectivity index (χ0n) is 12.0. The van der Waals surface area contributed by atoms with Crippen LogP contribution < -0.4 is 5.32 Å². The summed E-state index contributed by atoms with van der Waals surface area (Å²) in [6.45, 7) is 5.82. The second-order valence-electron chi connectivity index (χ2n) is 5.07. The normalized spacial score (nSPS) is 11.9. The predicted molar refractivity (Wildman–Crippen MR) is 79.9 cm³/mol. The van der Waals surface area contributed by atoms with Gasteiger partial charge in [0.1, 0.15) is 5.75 Å². The molecule has 0 saturated heterocycles. The molecule has 2 rings (SSSR count). The summed E-state index contributed by atoms with van der Waals surface area (Å²) in [6.07, 6.45) is 0. The van der Waals surface area contributed by atoms with Gasteiger partial charge in [-0.05, 0) is 49.6 Å². The lowest BCUT2D eigenvalue weighted by Gasteiger charge is -2.17. The van der Waals surface area contributed by atoms with E-state index in [1.54, 1.807) is 12.1 Å². The minimum absolute atomic E-state index is 0.0134. The maximum absolute atomic E-state index is 12.2. The van der Waals surface area contributed by atoms with Crippen molar-refractivity contribution in [2.75, 3.05) is 0 Å². The van der Waals surface area contributed by atoms with Gasteiger partial charge in [0.2, 0.25) is 0 Å². The fourth-order valence-electron chi connectivity index (χ4n) is 2.26. The number of amides is 1. The third kappa shape index (κ3) is 2.99. The quantitative estimate of drug-likeness (QED) is 0.896. The number of aryl methyl sites for hydroxylation is 2.